The van der Waals surface area contributed by atoms with Gasteiger partial charge in [-0.2, -0.15) is 13.2 Å². The number of benzene rings is 5. The minimum absolute atomic E-state index is 0.641. The second-order valence-electron chi connectivity index (χ2n) is 7.28. The van der Waals surface area contributed by atoms with Gasteiger partial charge < -0.3 is 0 Å². The number of alkyl halides is 3. The van der Waals surface area contributed by atoms with E-state index in [1.54, 1.807) is 12.1 Å². The molecule has 0 radical (unpaired) electrons. The third-order valence-corrected chi connectivity index (χ3v) is 5.50. The Bertz CT molecular complexity index is 1350. The van der Waals surface area contributed by atoms with Crippen molar-refractivity contribution in [2.75, 3.05) is 0 Å². The molecule has 0 aliphatic rings. The number of hydrogen-bond donors (Lipinski definition) is 0. The first kappa shape index (κ1) is 18.4. The van der Waals surface area contributed by atoms with E-state index in [9.17, 15) is 13.2 Å². The van der Waals surface area contributed by atoms with Crippen LogP contribution in [-0.4, -0.2) is 0 Å². The lowest BCUT2D eigenvalue weighted by Crippen LogP contribution is -2.04. The van der Waals surface area contributed by atoms with Crippen molar-refractivity contribution in [1.29, 1.82) is 0 Å². The lowest BCUT2D eigenvalue weighted by Gasteiger charge is -2.19. The molecule has 5 rings (SSSR count). The summed E-state index contributed by atoms with van der Waals surface area (Å²) in [7, 11) is 0. The van der Waals surface area contributed by atoms with Gasteiger partial charge >= 0.3 is 6.18 Å². The van der Waals surface area contributed by atoms with E-state index in [4.69, 9.17) is 0 Å². The zero-order valence-corrected chi connectivity index (χ0v) is 15.9. The highest BCUT2D eigenvalue weighted by atomic mass is 19.4. The molecule has 3 heteroatoms. The summed E-state index contributed by atoms with van der Waals surface area (Å²) in [5, 5.41) is 4.32. The second-order valence-corrected chi connectivity index (χ2v) is 7.28. The zero-order valence-electron chi connectivity index (χ0n) is 15.9. The number of halogens is 3. The third kappa shape index (κ3) is 3.03. The topological polar surface area (TPSA) is 0 Å². The normalized spacial score (nSPS) is 11.8. The first-order valence-corrected chi connectivity index (χ1v) is 9.70. The molecule has 0 fully saturated rings. The molecule has 0 aromatic heterocycles. The molecular formula is C27H17F3. The maximum absolute atomic E-state index is 13.1. The summed E-state index contributed by atoms with van der Waals surface area (Å²) in [4.78, 5) is 0. The van der Waals surface area contributed by atoms with Gasteiger partial charge in [0, 0.05) is 0 Å². The van der Waals surface area contributed by atoms with Crippen molar-refractivity contribution >= 4 is 21.5 Å². The van der Waals surface area contributed by atoms with Crippen LogP contribution in [0.15, 0.2) is 103 Å². The van der Waals surface area contributed by atoms with Gasteiger partial charge in [0.2, 0.25) is 0 Å². The van der Waals surface area contributed by atoms with Crippen LogP contribution in [0.5, 0.6) is 0 Å². The van der Waals surface area contributed by atoms with Crippen molar-refractivity contribution in [2.45, 2.75) is 6.18 Å². The summed E-state index contributed by atoms with van der Waals surface area (Å²) in [6.07, 6.45) is -4.35. The van der Waals surface area contributed by atoms with Crippen LogP contribution in [0.25, 0.3) is 43.8 Å². The SMILES string of the molecule is FC(F)(F)c1ccc(-c2c(-c3ccccc3)c3ccccc3c3ccccc23)cc1. The summed E-state index contributed by atoms with van der Waals surface area (Å²) >= 11 is 0. The fourth-order valence-corrected chi connectivity index (χ4v) is 4.17. The van der Waals surface area contributed by atoms with Crippen LogP contribution in [0.2, 0.25) is 0 Å². The minimum atomic E-state index is -4.35. The molecule has 0 spiro atoms. The van der Waals surface area contributed by atoms with E-state index < -0.39 is 11.7 Å². The van der Waals surface area contributed by atoms with Crippen molar-refractivity contribution in [1.82, 2.24) is 0 Å². The number of hydrogen-bond acceptors (Lipinski definition) is 0. The molecule has 5 aromatic carbocycles. The molecule has 0 nitrogen and oxygen atoms in total. The molecule has 0 aliphatic heterocycles. The molecule has 5 aromatic rings. The summed E-state index contributed by atoms with van der Waals surface area (Å²) in [6.45, 7) is 0. The Morgan fingerprint density at radius 3 is 1.27 bits per heavy atom. The first-order chi connectivity index (χ1) is 14.5. The Hall–Kier alpha value is -3.59. The Labute approximate surface area is 172 Å². The molecule has 0 bridgehead atoms. The Morgan fingerprint density at radius 1 is 0.400 bits per heavy atom. The molecule has 146 valence electrons. The molecule has 0 amide bonds. The van der Waals surface area contributed by atoms with Crippen LogP contribution in [-0.2, 0) is 6.18 Å². The largest absolute Gasteiger partial charge is 0.416 e. The highest BCUT2D eigenvalue weighted by Gasteiger charge is 2.30. The second kappa shape index (κ2) is 7.03. The monoisotopic (exact) mass is 398 g/mol. The van der Waals surface area contributed by atoms with E-state index in [0.717, 1.165) is 55.9 Å². The lowest BCUT2D eigenvalue weighted by molar-refractivity contribution is -0.137. The molecule has 0 N–H and O–H groups in total. The predicted molar refractivity (Wildman–Crippen MR) is 117 cm³/mol. The van der Waals surface area contributed by atoms with E-state index in [1.807, 2.05) is 60.7 Å². The van der Waals surface area contributed by atoms with Crippen LogP contribution in [0.3, 0.4) is 0 Å². The highest BCUT2D eigenvalue weighted by Crippen LogP contribution is 2.44. The summed E-state index contributed by atoms with van der Waals surface area (Å²) in [6, 6.07) is 31.8. The fraction of sp³-hybridized carbons (Fsp3) is 0.0370. The molecule has 0 aliphatic carbocycles. The van der Waals surface area contributed by atoms with Crippen molar-refractivity contribution in [3.05, 3.63) is 109 Å². The Kier molecular flexibility index (Phi) is 4.32. The van der Waals surface area contributed by atoms with Crippen molar-refractivity contribution < 1.29 is 13.2 Å². The molecule has 0 heterocycles. The first-order valence-electron chi connectivity index (χ1n) is 9.70. The van der Waals surface area contributed by atoms with Crippen molar-refractivity contribution in [2.24, 2.45) is 0 Å². The van der Waals surface area contributed by atoms with Gasteiger partial charge in [-0.25, -0.2) is 0 Å². The third-order valence-electron chi connectivity index (χ3n) is 5.50. The molecule has 0 atom stereocenters. The van der Waals surface area contributed by atoms with Gasteiger partial charge in [-0.1, -0.05) is 91.0 Å². The van der Waals surface area contributed by atoms with Crippen LogP contribution >= 0.6 is 0 Å². The Morgan fingerprint density at radius 2 is 0.800 bits per heavy atom. The van der Waals surface area contributed by atoms with E-state index in [1.165, 1.54) is 0 Å². The Balaban J connectivity index is 1.92. The summed E-state index contributed by atoms with van der Waals surface area (Å²) < 4.78 is 39.4. The van der Waals surface area contributed by atoms with E-state index in [0.29, 0.717) is 0 Å². The summed E-state index contributed by atoms with van der Waals surface area (Å²) in [5.41, 5.74) is 3.14. The number of fused-ring (bicyclic) bond motifs is 3. The van der Waals surface area contributed by atoms with Crippen LogP contribution in [0.4, 0.5) is 13.2 Å². The fourth-order valence-electron chi connectivity index (χ4n) is 4.17. The van der Waals surface area contributed by atoms with Crippen molar-refractivity contribution in [3.63, 3.8) is 0 Å². The predicted octanol–water partition coefficient (Wildman–Crippen LogP) is 8.35. The van der Waals surface area contributed by atoms with Gasteiger partial charge in [-0.3, -0.25) is 0 Å². The molecular weight excluding hydrogens is 381 g/mol. The lowest BCUT2D eigenvalue weighted by atomic mass is 9.85. The maximum atomic E-state index is 13.1. The van der Waals surface area contributed by atoms with Gasteiger partial charge in [-0.05, 0) is 55.9 Å². The minimum Gasteiger partial charge on any atom is -0.166 e. The van der Waals surface area contributed by atoms with Crippen molar-refractivity contribution in [3.8, 4) is 22.3 Å². The number of rotatable bonds is 2. The van der Waals surface area contributed by atoms with Crippen LogP contribution < -0.4 is 0 Å². The van der Waals surface area contributed by atoms with E-state index >= 15 is 0 Å². The van der Waals surface area contributed by atoms with Gasteiger partial charge in [0.1, 0.15) is 0 Å². The average molecular weight is 398 g/mol. The molecule has 0 saturated heterocycles. The standard InChI is InChI=1S/C27H17F3/c28-27(29,30)20-16-14-19(15-17-20)26-24-13-7-5-11-22(24)21-10-4-6-12-23(21)25(26)18-8-2-1-3-9-18/h1-17H. The zero-order chi connectivity index (χ0) is 20.7. The maximum Gasteiger partial charge on any atom is 0.416 e. The highest BCUT2D eigenvalue weighted by molar-refractivity contribution is 6.21. The van der Waals surface area contributed by atoms with Crippen LogP contribution in [0.1, 0.15) is 5.56 Å². The summed E-state index contributed by atoms with van der Waals surface area (Å²) in [5.74, 6) is 0. The molecule has 0 unspecified atom stereocenters. The van der Waals surface area contributed by atoms with Gasteiger partial charge in [0.05, 0.1) is 5.56 Å². The average Bonchev–Trinajstić information content (AvgIpc) is 2.78. The smallest absolute Gasteiger partial charge is 0.166 e. The molecule has 0 saturated carbocycles. The van der Waals surface area contributed by atoms with Crippen LogP contribution in [0, 0.1) is 0 Å². The molecule has 30 heavy (non-hydrogen) atoms. The quantitative estimate of drug-likeness (QED) is 0.262. The van der Waals surface area contributed by atoms with Gasteiger partial charge in [0.25, 0.3) is 0 Å². The van der Waals surface area contributed by atoms with Gasteiger partial charge in [-0.15, -0.1) is 0 Å². The van der Waals surface area contributed by atoms with E-state index in [-0.39, 0.29) is 0 Å². The van der Waals surface area contributed by atoms with E-state index in [2.05, 4.69) is 18.2 Å². The van der Waals surface area contributed by atoms with Gasteiger partial charge in [0.15, 0.2) is 0 Å².